The number of fused-ring (bicyclic) bond motifs is 7. The smallest absolute Gasteiger partial charge is 0.213 e. The lowest BCUT2D eigenvalue weighted by Gasteiger charge is -2.21. The lowest BCUT2D eigenvalue weighted by Crippen LogP contribution is -2.29. The van der Waals surface area contributed by atoms with Gasteiger partial charge in [0.05, 0.1) is 24.7 Å². The molecule has 4 heterocycles. The molecule has 0 aliphatic carbocycles. The highest BCUT2D eigenvalue weighted by Crippen LogP contribution is 2.52. The summed E-state index contributed by atoms with van der Waals surface area (Å²) in [7, 11) is 1.62. The standard InChI is InChI=1S/C16H12N4O2/c1-21-14-7-6-12-15(18-14)16(9-22-12)10-4-2-3-5-11(10)20-13(16)8-17-19-20/h2-8H,9H2,1H3. The number of hydrogen-bond acceptors (Lipinski definition) is 5. The Labute approximate surface area is 126 Å². The first-order valence-electron chi connectivity index (χ1n) is 7.04. The predicted molar refractivity (Wildman–Crippen MR) is 77.5 cm³/mol. The average molecular weight is 292 g/mol. The van der Waals surface area contributed by atoms with Gasteiger partial charge in [0.25, 0.3) is 0 Å². The summed E-state index contributed by atoms with van der Waals surface area (Å²) in [5, 5.41) is 8.30. The molecule has 1 spiro atoms. The van der Waals surface area contributed by atoms with E-state index < -0.39 is 5.41 Å². The third-order valence-electron chi connectivity index (χ3n) is 4.47. The summed E-state index contributed by atoms with van der Waals surface area (Å²) in [5.74, 6) is 1.36. The molecule has 6 heteroatoms. The van der Waals surface area contributed by atoms with Crippen LogP contribution in [-0.4, -0.2) is 33.7 Å². The Morgan fingerprint density at radius 3 is 3.05 bits per heavy atom. The molecule has 0 saturated carbocycles. The van der Waals surface area contributed by atoms with Crippen LogP contribution in [0.2, 0.25) is 0 Å². The van der Waals surface area contributed by atoms with Gasteiger partial charge in [0.2, 0.25) is 5.88 Å². The Balaban J connectivity index is 1.88. The number of pyridine rings is 1. The van der Waals surface area contributed by atoms with Crippen LogP contribution in [0.3, 0.4) is 0 Å². The SMILES string of the molecule is COc1ccc2c(n1)C1(CO2)c2ccccc2-n2nncc21. The summed E-state index contributed by atoms with van der Waals surface area (Å²) in [6.45, 7) is 0.493. The quantitative estimate of drug-likeness (QED) is 0.683. The van der Waals surface area contributed by atoms with Crippen LogP contribution in [0.1, 0.15) is 17.0 Å². The number of aromatic nitrogens is 4. The monoisotopic (exact) mass is 292 g/mol. The van der Waals surface area contributed by atoms with Gasteiger partial charge in [-0.25, -0.2) is 9.67 Å². The Morgan fingerprint density at radius 1 is 1.23 bits per heavy atom. The summed E-state index contributed by atoms with van der Waals surface area (Å²) in [6, 6.07) is 11.9. The van der Waals surface area contributed by atoms with Crippen molar-refractivity contribution < 1.29 is 9.47 Å². The van der Waals surface area contributed by atoms with Gasteiger partial charge in [0, 0.05) is 6.07 Å². The zero-order valence-corrected chi connectivity index (χ0v) is 11.9. The highest BCUT2D eigenvalue weighted by molar-refractivity contribution is 5.65. The summed E-state index contributed by atoms with van der Waals surface area (Å²) in [5.41, 5.74) is 3.54. The molecule has 3 aromatic rings. The lowest BCUT2D eigenvalue weighted by atomic mass is 9.78. The van der Waals surface area contributed by atoms with E-state index in [4.69, 9.17) is 9.47 Å². The first-order chi connectivity index (χ1) is 10.8. The summed E-state index contributed by atoms with van der Waals surface area (Å²) >= 11 is 0. The van der Waals surface area contributed by atoms with Crippen LogP contribution in [0, 0.1) is 0 Å². The molecule has 2 aromatic heterocycles. The molecule has 1 aromatic carbocycles. The summed E-state index contributed by atoms with van der Waals surface area (Å²) in [6.07, 6.45) is 1.79. The van der Waals surface area contributed by atoms with Crippen LogP contribution in [0.4, 0.5) is 0 Å². The second-order valence-electron chi connectivity index (χ2n) is 5.44. The molecule has 6 nitrogen and oxygen atoms in total. The second-order valence-corrected chi connectivity index (χ2v) is 5.44. The van der Waals surface area contributed by atoms with Gasteiger partial charge in [0.15, 0.2) is 0 Å². The van der Waals surface area contributed by atoms with Crippen LogP contribution in [0.15, 0.2) is 42.6 Å². The zero-order valence-electron chi connectivity index (χ0n) is 11.9. The van der Waals surface area contributed by atoms with Crippen LogP contribution in [0.5, 0.6) is 11.6 Å². The molecule has 0 amide bonds. The van der Waals surface area contributed by atoms with E-state index in [-0.39, 0.29) is 0 Å². The van der Waals surface area contributed by atoms with Crippen molar-refractivity contribution in [3.8, 4) is 17.3 Å². The fourth-order valence-electron chi connectivity index (χ4n) is 3.48. The van der Waals surface area contributed by atoms with E-state index in [1.165, 1.54) is 0 Å². The van der Waals surface area contributed by atoms with Gasteiger partial charge < -0.3 is 9.47 Å². The third kappa shape index (κ3) is 1.19. The van der Waals surface area contributed by atoms with Gasteiger partial charge in [-0.2, -0.15) is 0 Å². The lowest BCUT2D eigenvalue weighted by molar-refractivity contribution is 0.313. The van der Waals surface area contributed by atoms with Gasteiger partial charge >= 0.3 is 0 Å². The minimum absolute atomic E-state index is 0.468. The largest absolute Gasteiger partial charge is 0.490 e. The number of benzene rings is 1. The maximum atomic E-state index is 5.93. The molecule has 22 heavy (non-hydrogen) atoms. The molecule has 0 saturated heterocycles. The van der Waals surface area contributed by atoms with Gasteiger partial charge in [0.1, 0.15) is 23.5 Å². The Morgan fingerprint density at radius 2 is 2.14 bits per heavy atom. The van der Waals surface area contributed by atoms with Gasteiger partial charge in [-0.1, -0.05) is 23.4 Å². The van der Waals surface area contributed by atoms with Crippen molar-refractivity contribution in [1.29, 1.82) is 0 Å². The molecular weight excluding hydrogens is 280 g/mol. The van der Waals surface area contributed by atoms with Crippen LogP contribution >= 0.6 is 0 Å². The predicted octanol–water partition coefficient (Wildman–Crippen LogP) is 1.71. The van der Waals surface area contributed by atoms with E-state index in [1.54, 1.807) is 13.3 Å². The second kappa shape index (κ2) is 3.85. The Bertz CT molecular complexity index is 905. The molecule has 108 valence electrons. The van der Waals surface area contributed by atoms with E-state index in [0.29, 0.717) is 12.5 Å². The van der Waals surface area contributed by atoms with Gasteiger partial charge in [-0.05, 0) is 17.7 Å². The van der Waals surface area contributed by atoms with Crippen LogP contribution < -0.4 is 9.47 Å². The molecular formula is C16H12N4O2. The Kier molecular flexibility index (Phi) is 2.05. The molecule has 1 atom stereocenters. The molecule has 0 fully saturated rings. The van der Waals surface area contributed by atoms with Gasteiger partial charge in [-0.15, -0.1) is 5.10 Å². The van der Waals surface area contributed by atoms with E-state index in [9.17, 15) is 0 Å². The van der Waals surface area contributed by atoms with Crippen LogP contribution in [-0.2, 0) is 5.41 Å². The normalized spacial score (nSPS) is 20.4. The topological polar surface area (TPSA) is 62.1 Å². The first kappa shape index (κ1) is 11.7. The maximum Gasteiger partial charge on any atom is 0.213 e. The average Bonchev–Trinajstić information content (AvgIpc) is 3.24. The number of nitrogens with zero attached hydrogens (tertiary/aromatic N) is 4. The van der Waals surface area contributed by atoms with Crippen molar-refractivity contribution in [3.63, 3.8) is 0 Å². The minimum atomic E-state index is -0.468. The van der Waals surface area contributed by atoms with Crippen molar-refractivity contribution in [2.24, 2.45) is 0 Å². The molecule has 0 N–H and O–H groups in total. The first-order valence-corrected chi connectivity index (χ1v) is 7.04. The van der Waals surface area contributed by atoms with Crippen molar-refractivity contribution in [3.05, 3.63) is 59.5 Å². The fraction of sp³-hybridized carbons (Fsp3) is 0.188. The Hall–Kier alpha value is -2.89. The third-order valence-corrected chi connectivity index (χ3v) is 4.47. The fourth-order valence-corrected chi connectivity index (χ4v) is 3.48. The number of rotatable bonds is 1. The number of methoxy groups -OCH3 is 1. The number of ether oxygens (including phenoxy) is 2. The molecule has 0 bridgehead atoms. The highest BCUT2D eigenvalue weighted by atomic mass is 16.5. The van der Waals surface area contributed by atoms with Crippen molar-refractivity contribution in [1.82, 2.24) is 20.0 Å². The van der Waals surface area contributed by atoms with Crippen molar-refractivity contribution >= 4 is 0 Å². The molecule has 2 aliphatic heterocycles. The highest BCUT2D eigenvalue weighted by Gasteiger charge is 2.53. The van der Waals surface area contributed by atoms with E-state index in [0.717, 1.165) is 28.4 Å². The minimum Gasteiger partial charge on any atom is -0.490 e. The molecule has 2 aliphatic rings. The van der Waals surface area contributed by atoms with Crippen LogP contribution in [0.25, 0.3) is 5.69 Å². The number of hydrogen-bond donors (Lipinski definition) is 0. The van der Waals surface area contributed by atoms with E-state index in [2.05, 4.69) is 21.4 Å². The van der Waals surface area contributed by atoms with E-state index >= 15 is 0 Å². The van der Waals surface area contributed by atoms with E-state index in [1.807, 2.05) is 35.0 Å². The summed E-state index contributed by atoms with van der Waals surface area (Å²) < 4.78 is 13.1. The molecule has 0 radical (unpaired) electrons. The zero-order chi connectivity index (χ0) is 14.7. The van der Waals surface area contributed by atoms with Gasteiger partial charge in [-0.3, -0.25) is 0 Å². The summed E-state index contributed by atoms with van der Waals surface area (Å²) in [4.78, 5) is 4.67. The molecule has 1 unspecified atom stereocenters. The number of para-hydroxylation sites is 1. The molecule has 5 rings (SSSR count). The van der Waals surface area contributed by atoms with Crippen molar-refractivity contribution in [2.45, 2.75) is 5.41 Å². The van der Waals surface area contributed by atoms with Crippen molar-refractivity contribution in [2.75, 3.05) is 13.7 Å². The maximum absolute atomic E-state index is 5.93.